The van der Waals surface area contributed by atoms with E-state index in [9.17, 15) is 0 Å². The van der Waals surface area contributed by atoms with Crippen LogP contribution in [0.15, 0.2) is 6.20 Å². The molecule has 1 heterocycles. The summed E-state index contributed by atoms with van der Waals surface area (Å²) in [4.78, 5) is 0. The van der Waals surface area contributed by atoms with E-state index in [1.807, 2.05) is 10.9 Å². The molecule has 0 saturated heterocycles. The molecule has 1 aromatic heterocycles. The van der Waals surface area contributed by atoms with E-state index in [1.54, 1.807) is 0 Å². The first-order valence-electron chi connectivity index (χ1n) is 10.3. The van der Waals surface area contributed by atoms with E-state index in [0.29, 0.717) is 39.6 Å². The lowest BCUT2D eigenvalue weighted by molar-refractivity contribution is 0.0136. The molecule has 0 aromatic carbocycles. The predicted molar refractivity (Wildman–Crippen MR) is 111 cm³/mol. The molecule has 0 aliphatic carbocycles. The number of aromatic nitrogens is 3. The zero-order chi connectivity index (χ0) is 20.9. The Kier molecular flexibility index (Phi) is 11.8. The van der Waals surface area contributed by atoms with Crippen molar-refractivity contribution in [3.05, 3.63) is 11.9 Å². The molecule has 0 fully saturated rings. The highest BCUT2D eigenvalue weighted by Crippen LogP contribution is 2.02. The van der Waals surface area contributed by atoms with Crippen molar-refractivity contribution in [3.8, 4) is 0 Å². The van der Waals surface area contributed by atoms with Crippen LogP contribution < -0.4 is 10.6 Å². The minimum Gasteiger partial charge on any atom is -0.379 e. The number of nitrogens with zero attached hydrogens (tertiary/aromatic N) is 3. The highest BCUT2D eigenvalue weighted by atomic mass is 16.5. The highest BCUT2D eigenvalue weighted by Gasteiger charge is 2.10. The van der Waals surface area contributed by atoms with Gasteiger partial charge in [-0.15, -0.1) is 5.10 Å². The van der Waals surface area contributed by atoms with E-state index >= 15 is 0 Å². The van der Waals surface area contributed by atoms with Gasteiger partial charge in [0.1, 0.15) is 0 Å². The summed E-state index contributed by atoms with van der Waals surface area (Å²) >= 11 is 0. The Balaban J connectivity index is 1.89. The second kappa shape index (κ2) is 13.2. The topological polar surface area (TPSA) is 82.5 Å². The molecule has 1 aromatic rings. The predicted octanol–water partition coefficient (Wildman–Crippen LogP) is 1.99. The molecule has 2 N–H and O–H groups in total. The van der Waals surface area contributed by atoms with Crippen LogP contribution in [-0.4, -0.2) is 72.3 Å². The van der Waals surface area contributed by atoms with E-state index in [4.69, 9.17) is 14.2 Å². The summed E-state index contributed by atoms with van der Waals surface area (Å²) in [7, 11) is 0. The van der Waals surface area contributed by atoms with Gasteiger partial charge >= 0.3 is 0 Å². The first-order chi connectivity index (χ1) is 13.2. The van der Waals surface area contributed by atoms with Crippen LogP contribution in [-0.2, 0) is 27.3 Å². The van der Waals surface area contributed by atoms with Crippen molar-refractivity contribution in [1.82, 2.24) is 25.6 Å². The van der Waals surface area contributed by atoms with Gasteiger partial charge in [0, 0.05) is 43.5 Å². The van der Waals surface area contributed by atoms with Crippen molar-refractivity contribution in [2.75, 3.05) is 46.2 Å². The molecule has 164 valence electrons. The fraction of sp³-hybridized carbons (Fsp3) is 0.900. The van der Waals surface area contributed by atoms with Gasteiger partial charge in [0.2, 0.25) is 0 Å². The molecule has 8 heteroatoms. The van der Waals surface area contributed by atoms with Crippen molar-refractivity contribution in [2.45, 2.75) is 72.1 Å². The van der Waals surface area contributed by atoms with Gasteiger partial charge in [-0.1, -0.05) is 5.21 Å². The number of aryl methyl sites for hydroxylation is 1. The number of rotatable bonds is 15. The monoisotopic (exact) mass is 399 g/mol. The standard InChI is InChI=1S/C20H41N5O3/c1-19(2,3)21-8-11-27-13-15-28-14-12-26-10-7-9-25-17-18(23-24-25)16-22-20(4,5)6/h17,21-22H,7-16H2,1-6H3. The maximum absolute atomic E-state index is 5.59. The Hall–Kier alpha value is -1.06. The van der Waals surface area contributed by atoms with Gasteiger partial charge in [0.15, 0.2) is 0 Å². The third kappa shape index (κ3) is 14.9. The third-order valence-electron chi connectivity index (χ3n) is 3.71. The lowest BCUT2D eigenvalue weighted by Gasteiger charge is -2.20. The molecule has 8 nitrogen and oxygen atoms in total. The Morgan fingerprint density at radius 3 is 2.00 bits per heavy atom. The quantitative estimate of drug-likeness (QED) is 0.437. The second-order valence-electron chi connectivity index (χ2n) is 8.94. The van der Waals surface area contributed by atoms with Crippen molar-refractivity contribution >= 4 is 0 Å². The molecule has 0 aliphatic heterocycles. The summed E-state index contributed by atoms with van der Waals surface area (Å²) in [6.45, 7) is 19.0. The average Bonchev–Trinajstić information content (AvgIpc) is 3.03. The number of nitrogens with one attached hydrogen (secondary N) is 2. The van der Waals surface area contributed by atoms with Crippen molar-refractivity contribution in [2.24, 2.45) is 0 Å². The second-order valence-corrected chi connectivity index (χ2v) is 8.94. The molecule has 0 saturated carbocycles. The molecule has 0 bridgehead atoms. The zero-order valence-electron chi connectivity index (χ0n) is 18.7. The molecule has 0 unspecified atom stereocenters. The SMILES string of the molecule is CC(C)(C)NCCOCCOCCOCCCn1cc(CNC(C)(C)C)nn1. The maximum atomic E-state index is 5.59. The number of hydrogen-bond acceptors (Lipinski definition) is 7. The van der Waals surface area contributed by atoms with E-state index < -0.39 is 0 Å². The lowest BCUT2D eigenvalue weighted by Crippen LogP contribution is -2.38. The van der Waals surface area contributed by atoms with Crippen LogP contribution >= 0.6 is 0 Å². The maximum Gasteiger partial charge on any atom is 0.0965 e. The van der Waals surface area contributed by atoms with Gasteiger partial charge in [-0.2, -0.15) is 0 Å². The van der Waals surface area contributed by atoms with Crippen LogP contribution in [0.3, 0.4) is 0 Å². The van der Waals surface area contributed by atoms with Crippen LogP contribution in [0.25, 0.3) is 0 Å². The summed E-state index contributed by atoms with van der Waals surface area (Å²) in [5.74, 6) is 0. The van der Waals surface area contributed by atoms with Gasteiger partial charge in [-0.25, -0.2) is 0 Å². The van der Waals surface area contributed by atoms with E-state index in [2.05, 4.69) is 62.5 Å². The largest absolute Gasteiger partial charge is 0.379 e. The number of ether oxygens (including phenoxy) is 3. The molecule has 0 spiro atoms. The normalized spacial score (nSPS) is 12.6. The van der Waals surface area contributed by atoms with Gasteiger partial charge in [0.05, 0.1) is 38.7 Å². The van der Waals surface area contributed by atoms with Gasteiger partial charge in [-0.05, 0) is 48.0 Å². The first-order valence-corrected chi connectivity index (χ1v) is 10.3. The highest BCUT2D eigenvalue weighted by molar-refractivity contribution is 4.92. The van der Waals surface area contributed by atoms with E-state index in [0.717, 1.165) is 31.7 Å². The molecule has 1 rings (SSSR count). The van der Waals surface area contributed by atoms with Gasteiger partial charge in [0.25, 0.3) is 0 Å². The van der Waals surface area contributed by atoms with Crippen LogP contribution in [0, 0.1) is 0 Å². The molecular weight excluding hydrogens is 358 g/mol. The summed E-state index contributed by atoms with van der Waals surface area (Å²) in [6, 6.07) is 0. The fourth-order valence-electron chi connectivity index (χ4n) is 2.25. The molecule has 0 amide bonds. The van der Waals surface area contributed by atoms with Crippen LogP contribution in [0.2, 0.25) is 0 Å². The zero-order valence-corrected chi connectivity index (χ0v) is 18.7. The Morgan fingerprint density at radius 1 is 0.821 bits per heavy atom. The van der Waals surface area contributed by atoms with Crippen LogP contribution in [0.4, 0.5) is 0 Å². The van der Waals surface area contributed by atoms with Crippen molar-refractivity contribution in [3.63, 3.8) is 0 Å². The molecular formula is C20H41N5O3. The van der Waals surface area contributed by atoms with Crippen molar-refractivity contribution in [1.29, 1.82) is 0 Å². The minimum atomic E-state index is 0.0786. The summed E-state index contributed by atoms with van der Waals surface area (Å²) < 4.78 is 18.5. The first kappa shape index (κ1) is 25.0. The summed E-state index contributed by atoms with van der Waals surface area (Å²) in [5.41, 5.74) is 1.17. The lowest BCUT2D eigenvalue weighted by atomic mass is 10.1. The smallest absolute Gasteiger partial charge is 0.0965 e. The average molecular weight is 400 g/mol. The van der Waals surface area contributed by atoms with Gasteiger partial charge < -0.3 is 24.8 Å². The molecule has 0 atom stereocenters. The van der Waals surface area contributed by atoms with Crippen molar-refractivity contribution < 1.29 is 14.2 Å². The van der Waals surface area contributed by atoms with Crippen LogP contribution in [0.5, 0.6) is 0 Å². The Bertz CT molecular complexity index is 509. The Labute approximate surface area is 170 Å². The van der Waals surface area contributed by atoms with E-state index in [-0.39, 0.29) is 11.1 Å². The summed E-state index contributed by atoms with van der Waals surface area (Å²) in [6.07, 6.45) is 2.89. The Morgan fingerprint density at radius 2 is 1.39 bits per heavy atom. The van der Waals surface area contributed by atoms with Crippen LogP contribution in [0.1, 0.15) is 53.7 Å². The van der Waals surface area contributed by atoms with Gasteiger partial charge in [-0.3, -0.25) is 4.68 Å². The minimum absolute atomic E-state index is 0.0786. The number of hydrogen-bond donors (Lipinski definition) is 2. The third-order valence-corrected chi connectivity index (χ3v) is 3.71. The molecule has 0 radical (unpaired) electrons. The fourth-order valence-corrected chi connectivity index (χ4v) is 2.25. The summed E-state index contributed by atoms with van der Waals surface area (Å²) in [5, 5.41) is 15.1. The molecule has 0 aliphatic rings. The van der Waals surface area contributed by atoms with E-state index in [1.165, 1.54) is 0 Å². The molecule has 28 heavy (non-hydrogen) atoms.